The highest BCUT2D eigenvalue weighted by molar-refractivity contribution is 9.10. The number of carbonyl (C=O) groups excluding carboxylic acids is 3. The second-order valence-electron chi connectivity index (χ2n) is 11.2. The van der Waals surface area contributed by atoms with E-state index in [1.165, 1.54) is 18.1 Å². The van der Waals surface area contributed by atoms with Gasteiger partial charge < -0.3 is 19.4 Å². The van der Waals surface area contributed by atoms with Crippen LogP contribution in [0.2, 0.25) is 0 Å². The molecular weight excluding hydrogens is 626 g/mol. The van der Waals surface area contributed by atoms with Crippen molar-refractivity contribution in [1.29, 1.82) is 0 Å². The topological polar surface area (TPSA) is 120 Å². The van der Waals surface area contributed by atoms with Gasteiger partial charge in [0, 0.05) is 63.4 Å². The number of carbonyl (C=O) groups is 3. The molecule has 3 heterocycles. The maximum absolute atomic E-state index is 13.4. The minimum atomic E-state index is -3.94. The Labute approximate surface area is 255 Å². The van der Waals surface area contributed by atoms with E-state index in [1.54, 1.807) is 12.1 Å². The number of piperazine rings is 1. The first-order valence-electron chi connectivity index (χ1n) is 14.4. The third kappa shape index (κ3) is 7.13. The van der Waals surface area contributed by atoms with Crippen LogP contribution in [0.15, 0.2) is 45.8 Å². The van der Waals surface area contributed by atoms with Gasteiger partial charge in [0.1, 0.15) is 12.6 Å². The van der Waals surface area contributed by atoms with Gasteiger partial charge in [-0.2, -0.15) is 4.72 Å². The van der Waals surface area contributed by atoms with Crippen molar-refractivity contribution in [1.82, 2.24) is 24.3 Å². The molecule has 0 radical (unpaired) electrons. The predicted octanol–water partition coefficient (Wildman–Crippen LogP) is 1.65. The highest BCUT2D eigenvalue weighted by Gasteiger charge is 2.36. The van der Waals surface area contributed by atoms with Crippen LogP contribution in [0, 0.1) is 0 Å². The summed E-state index contributed by atoms with van der Waals surface area (Å²) in [6.45, 7) is 4.60. The maximum atomic E-state index is 13.4. The third-order valence-electron chi connectivity index (χ3n) is 8.40. The Morgan fingerprint density at radius 1 is 0.952 bits per heavy atom. The van der Waals surface area contributed by atoms with Crippen molar-refractivity contribution >= 4 is 54.4 Å². The Morgan fingerprint density at radius 2 is 1.67 bits per heavy atom. The Balaban J connectivity index is 1.16. The van der Waals surface area contributed by atoms with Gasteiger partial charge in [-0.25, -0.2) is 8.42 Å². The number of methoxy groups -OCH3 is 1. The Bertz CT molecular complexity index is 1430. The van der Waals surface area contributed by atoms with Gasteiger partial charge in [-0.3, -0.25) is 19.3 Å². The van der Waals surface area contributed by atoms with Gasteiger partial charge in [-0.1, -0.05) is 28.1 Å². The van der Waals surface area contributed by atoms with Crippen molar-refractivity contribution in [2.45, 2.75) is 42.7 Å². The molecule has 0 bridgehead atoms. The fourth-order valence-electron chi connectivity index (χ4n) is 6.12. The number of hydrogen-bond acceptors (Lipinski definition) is 7. The molecular formula is C29H38BrN5O6S. The van der Waals surface area contributed by atoms with Crippen LogP contribution in [-0.4, -0.2) is 124 Å². The quantitative estimate of drug-likeness (QED) is 0.433. The monoisotopic (exact) mass is 663 g/mol. The molecule has 0 spiro atoms. The fourth-order valence-corrected chi connectivity index (χ4v) is 7.76. The Kier molecular flexibility index (Phi) is 9.83. The second-order valence-corrected chi connectivity index (χ2v) is 13.9. The van der Waals surface area contributed by atoms with Gasteiger partial charge in [0.05, 0.1) is 11.4 Å². The number of benzene rings is 2. The van der Waals surface area contributed by atoms with Crippen LogP contribution in [0.5, 0.6) is 0 Å². The lowest BCUT2D eigenvalue weighted by Gasteiger charge is -2.38. The number of piperidine rings is 1. The van der Waals surface area contributed by atoms with Crippen molar-refractivity contribution in [2.24, 2.45) is 0 Å². The van der Waals surface area contributed by atoms with E-state index >= 15 is 0 Å². The van der Waals surface area contributed by atoms with Crippen LogP contribution in [0.1, 0.15) is 25.7 Å². The lowest BCUT2D eigenvalue weighted by atomic mass is 10.1. The van der Waals surface area contributed by atoms with E-state index in [0.717, 1.165) is 47.7 Å². The van der Waals surface area contributed by atoms with E-state index in [4.69, 9.17) is 4.74 Å². The molecule has 0 aromatic heterocycles. The molecule has 3 fully saturated rings. The van der Waals surface area contributed by atoms with Crippen LogP contribution in [-0.2, 0) is 29.1 Å². The standard InChI is InChI=1S/C29H38BrN5O6S/c1-41-20-28(37)33-14-12-32(13-15-33)18-24-4-2-11-35(24)27(36)19-34-10-3-5-26(29(34)38)31-42(39,40)25-9-7-21-16-23(30)8-6-22(21)17-25/h6-9,16-17,24,26,31H,2-5,10-15,18-20H2,1H3/t24-,26-/m0/s1. The van der Waals surface area contributed by atoms with Crippen molar-refractivity contribution < 1.29 is 27.5 Å². The summed E-state index contributed by atoms with van der Waals surface area (Å²) in [4.78, 5) is 46.4. The van der Waals surface area contributed by atoms with Crippen molar-refractivity contribution in [3.8, 4) is 0 Å². The van der Waals surface area contributed by atoms with Crippen LogP contribution < -0.4 is 4.72 Å². The summed E-state index contributed by atoms with van der Waals surface area (Å²) in [5, 5.41) is 1.69. The SMILES string of the molecule is COCC(=O)N1CCN(C[C@@H]2CCCN2C(=O)CN2CCC[C@H](NS(=O)(=O)c3ccc4cc(Br)ccc4c3)C2=O)CC1. The summed E-state index contributed by atoms with van der Waals surface area (Å²) in [6, 6.07) is 9.63. The molecule has 3 aliphatic rings. The van der Waals surface area contributed by atoms with Gasteiger partial charge >= 0.3 is 0 Å². The van der Waals surface area contributed by atoms with E-state index < -0.39 is 16.1 Å². The van der Waals surface area contributed by atoms with Crippen LogP contribution in [0.25, 0.3) is 10.8 Å². The number of rotatable bonds is 9. The lowest BCUT2D eigenvalue weighted by molar-refractivity contribution is -0.143. The first-order valence-corrected chi connectivity index (χ1v) is 16.7. The molecule has 2 atom stereocenters. The zero-order valence-corrected chi connectivity index (χ0v) is 26.2. The smallest absolute Gasteiger partial charge is 0.248 e. The number of fused-ring (bicyclic) bond motifs is 1. The van der Waals surface area contributed by atoms with Gasteiger partial charge in [0.25, 0.3) is 0 Å². The highest BCUT2D eigenvalue weighted by Crippen LogP contribution is 2.24. The molecule has 3 saturated heterocycles. The third-order valence-corrected chi connectivity index (χ3v) is 10.4. The second kappa shape index (κ2) is 13.4. The van der Waals surface area contributed by atoms with Crippen LogP contribution in [0.3, 0.4) is 0 Å². The number of halogens is 1. The summed E-state index contributed by atoms with van der Waals surface area (Å²) in [5.74, 6) is -0.480. The average Bonchev–Trinajstić information content (AvgIpc) is 3.43. The molecule has 3 amide bonds. The zero-order valence-electron chi connectivity index (χ0n) is 23.8. The van der Waals surface area contributed by atoms with E-state index in [2.05, 4.69) is 25.6 Å². The molecule has 5 rings (SSSR count). The normalized spacial score (nSPS) is 22.2. The number of nitrogens with zero attached hydrogens (tertiary/aromatic N) is 4. The molecule has 0 aliphatic carbocycles. The minimum Gasteiger partial charge on any atom is -0.375 e. The first kappa shape index (κ1) is 30.9. The van der Waals surface area contributed by atoms with Crippen molar-refractivity contribution in [3.63, 3.8) is 0 Å². The minimum absolute atomic E-state index is 0.00715. The van der Waals surface area contributed by atoms with E-state index in [9.17, 15) is 22.8 Å². The number of amides is 3. The molecule has 11 nitrogen and oxygen atoms in total. The lowest BCUT2D eigenvalue weighted by Crippen LogP contribution is -2.56. The first-order chi connectivity index (χ1) is 20.1. The number of likely N-dealkylation sites (tertiary alicyclic amines) is 2. The fraction of sp³-hybridized carbons (Fsp3) is 0.552. The molecule has 42 heavy (non-hydrogen) atoms. The average molecular weight is 665 g/mol. The molecule has 13 heteroatoms. The summed E-state index contributed by atoms with van der Waals surface area (Å²) in [6.07, 6.45) is 2.79. The summed E-state index contributed by atoms with van der Waals surface area (Å²) >= 11 is 3.43. The number of sulfonamides is 1. The van der Waals surface area contributed by atoms with Crippen LogP contribution in [0.4, 0.5) is 0 Å². The van der Waals surface area contributed by atoms with Gasteiger partial charge in [0.2, 0.25) is 27.7 Å². The molecule has 1 N–H and O–H groups in total. The Morgan fingerprint density at radius 3 is 2.43 bits per heavy atom. The summed E-state index contributed by atoms with van der Waals surface area (Å²) in [5.41, 5.74) is 0. The van der Waals surface area contributed by atoms with Crippen molar-refractivity contribution in [3.05, 3.63) is 40.9 Å². The van der Waals surface area contributed by atoms with E-state index in [1.807, 2.05) is 28.0 Å². The molecule has 3 aliphatic heterocycles. The molecule has 228 valence electrons. The number of nitrogens with one attached hydrogen (secondary N) is 1. The zero-order chi connectivity index (χ0) is 29.9. The summed E-state index contributed by atoms with van der Waals surface area (Å²) < 4.78 is 34.9. The van der Waals surface area contributed by atoms with E-state index in [0.29, 0.717) is 39.0 Å². The maximum Gasteiger partial charge on any atom is 0.248 e. The molecule has 2 aromatic rings. The number of hydrogen-bond donors (Lipinski definition) is 1. The van der Waals surface area contributed by atoms with Crippen LogP contribution >= 0.6 is 15.9 Å². The van der Waals surface area contributed by atoms with Gasteiger partial charge in [-0.05, 0) is 60.7 Å². The van der Waals surface area contributed by atoms with E-state index in [-0.39, 0.29) is 41.8 Å². The van der Waals surface area contributed by atoms with Gasteiger partial charge in [-0.15, -0.1) is 0 Å². The largest absolute Gasteiger partial charge is 0.375 e. The van der Waals surface area contributed by atoms with Gasteiger partial charge in [0.15, 0.2) is 0 Å². The molecule has 0 saturated carbocycles. The number of ether oxygens (including phenoxy) is 1. The van der Waals surface area contributed by atoms with Crippen molar-refractivity contribution in [2.75, 3.05) is 66.1 Å². The molecule has 2 aromatic carbocycles. The highest BCUT2D eigenvalue weighted by atomic mass is 79.9. The predicted molar refractivity (Wildman–Crippen MR) is 161 cm³/mol. The summed E-state index contributed by atoms with van der Waals surface area (Å²) in [7, 11) is -2.43. The Hall–Kier alpha value is -2.58. The molecule has 0 unspecified atom stereocenters.